The maximum atomic E-state index is 13.3. The van der Waals surface area contributed by atoms with Crippen molar-refractivity contribution in [2.75, 3.05) is 7.05 Å². The molecule has 2 amide bonds. The summed E-state index contributed by atoms with van der Waals surface area (Å²) in [6.07, 6.45) is -1.05. The molecule has 0 radical (unpaired) electrons. The second-order valence-electron chi connectivity index (χ2n) is 6.90. The highest BCUT2D eigenvalue weighted by Crippen LogP contribution is 2.09. The van der Waals surface area contributed by atoms with E-state index in [0.29, 0.717) is 11.1 Å². The fourth-order valence-corrected chi connectivity index (χ4v) is 2.79. The van der Waals surface area contributed by atoms with Crippen LogP contribution in [-0.4, -0.2) is 41.9 Å². The van der Waals surface area contributed by atoms with E-state index in [1.54, 1.807) is 56.4 Å². The van der Waals surface area contributed by atoms with E-state index < -0.39 is 24.0 Å². The highest BCUT2D eigenvalue weighted by Gasteiger charge is 2.23. The summed E-state index contributed by atoms with van der Waals surface area (Å²) in [7, 11) is 1.56. The van der Waals surface area contributed by atoms with Gasteiger partial charge in [-0.3, -0.25) is 14.4 Å². The first-order valence-electron chi connectivity index (χ1n) is 9.31. The van der Waals surface area contributed by atoms with E-state index in [1.807, 2.05) is 0 Å². The summed E-state index contributed by atoms with van der Waals surface area (Å²) in [6, 6.07) is 14.2. The average molecular weight is 400 g/mol. The standard InChI is InChI=1S/C22H25FN2O4/c1-15(24-21(27)18-9-5-4-6-10-18)12-20(26)29-16(2)22(28)25(3)14-17-8-7-11-19(23)13-17/h4-11,13,15-16H,12,14H2,1-3H3,(H,24,27). The van der Waals surface area contributed by atoms with Crippen molar-refractivity contribution in [1.82, 2.24) is 10.2 Å². The number of hydrogen-bond donors (Lipinski definition) is 1. The molecule has 0 aliphatic rings. The van der Waals surface area contributed by atoms with Gasteiger partial charge in [0.25, 0.3) is 11.8 Å². The molecule has 0 aliphatic carbocycles. The molecular weight excluding hydrogens is 375 g/mol. The monoisotopic (exact) mass is 400 g/mol. The van der Waals surface area contributed by atoms with Gasteiger partial charge in [-0.25, -0.2) is 4.39 Å². The van der Waals surface area contributed by atoms with E-state index >= 15 is 0 Å². The molecule has 2 unspecified atom stereocenters. The zero-order chi connectivity index (χ0) is 21.4. The van der Waals surface area contributed by atoms with Crippen molar-refractivity contribution >= 4 is 17.8 Å². The summed E-state index contributed by atoms with van der Waals surface area (Å²) in [5, 5.41) is 2.72. The molecule has 2 aromatic rings. The largest absolute Gasteiger partial charge is 0.452 e. The number of ether oxygens (including phenoxy) is 1. The molecule has 0 aromatic heterocycles. The van der Waals surface area contributed by atoms with Crippen LogP contribution in [0.2, 0.25) is 0 Å². The first-order valence-corrected chi connectivity index (χ1v) is 9.31. The Balaban J connectivity index is 1.81. The van der Waals surface area contributed by atoms with Crippen LogP contribution in [0, 0.1) is 5.82 Å². The third-order valence-corrected chi connectivity index (χ3v) is 4.23. The van der Waals surface area contributed by atoms with E-state index in [4.69, 9.17) is 4.74 Å². The predicted octanol–water partition coefficient (Wildman–Crippen LogP) is 2.92. The van der Waals surface area contributed by atoms with Crippen LogP contribution in [0.1, 0.15) is 36.2 Å². The zero-order valence-corrected chi connectivity index (χ0v) is 16.7. The minimum atomic E-state index is -0.988. The highest BCUT2D eigenvalue weighted by atomic mass is 19.1. The van der Waals surface area contributed by atoms with Crippen LogP contribution < -0.4 is 5.32 Å². The maximum absolute atomic E-state index is 13.3. The molecule has 2 atom stereocenters. The maximum Gasteiger partial charge on any atom is 0.308 e. The van der Waals surface area contributed by atoms with Gasteiger partial charge < -0.3 is 15.0 Å². The Morgan fingerprint density at radius 3 is 2.41 bits per heavy atom. The molecule has 2 rings (SSSR count). The molecule has 6 nitrogen and oxygen atoms in total. The van der Waals surface area contributed by atoms with Gasteiger partial charge >= 0.3 is 5.97 Å². The smallest absolute Gasteiger partial charge is 0.308 e. The number of hydrogen-bond acceptors (Lipinski definition) is 4. The fraction of sp³-hybridized carbons (Fsp3) is 0.318. The van der Waals surface area contributed by atoms with Gasteiger partial charge in [-0.15, -0.1) is 0 Å². The third kappa shape index (κ3) is 7.03. The molecule has 154 valence electrons. The van der Waals surface area contributed by atoms with E-state index in [-0.39, 0.29) is 24.7 Å². The number of rotatable bonds is 8. The van der Waals surface area contributed by atoms with Crippen molar-refractivity contribution in [3.8, 4) is 0 Å². The Morgan fingerprint density at radius 1 is 1.07 bits per heavy atom. The summed E-state index contributed by atoms with van der Waals surface area (Å²) < 4.78 is 18.5. The second kappa shape index (κ2) is 10.4. The molecule has 0 heterocycles. The van der Waals surface area contributed by atoms with E-state index in [1.165, 1.54) is 24.0 Å². The number of esters is 1. The lowest BCUT2D eigenvalue weighted by Crippen LogP contribution is -2.39. The number of likely N-dealkylation sites (N-methyl/N-ethyl adjacent to an activating group) is 1. The summed E-state index contributed by atoms with van der Waals surface area (Å²) in [4.78, 5) is 38.0. The predicted molar refractivity (Wildman–Crippen MR) is 106 cm³/mol. The van der Waals surface area contributed by atoms with Gasteiger partial charge in [0.05, 0.1) is 6.42 Å². The van der Waals surface area contributed by atoms with Gasteiger partial charge in [0.15, 0.2) is 6.10 Å². The fourth-order valence-electron chi connectivity index (χ4n) is 2.79. The van der Waals surface area contributed by atoms with Gasteiger partial charge in [-0.2, -0.15) is 0 Å². The molecule has 0 spiro atoms. The van der Waals surface area contributed by atoms with Crippen LogP contribution in [0.25, 0.3) is 0 Å². The number of amides is 2. The summed E-state index contributed by atoms with van der Waals surface area (Å²) >= 11 is 0. The summed E-state index contributed by atoms with van der Waals surface area (Å²) in [5.41, 5.74) is 1.13. The van der Waals surface area contributed by atoms with Gasteiger partial charge in [0, 0.05) is 25.2 Å². The van der Waals surface area contributed by atoms with Crippen LogP contribution >= 0.6 is 0 Å². The van der Waals surface area contributed by atoms with Crippen molar-refractivity contribution in [1.29, 1.82) is 0 Å². The first kappa shape index (κ1) is 22.1. The van der Waals surface area contributed by atoms with E-state index in [9.17, 15) is 18.8 Å². The summed E-state index contributed by atoms with van der Waals surface area (Å²) in [6.45, 7) is 3.36. The molecule has 29 heavy (non-hydrogen) atoms. The molecule has 0 saturated carbocycles. The van der Waals surface area contributed by atoms with Crippen LogP contribution in [0.4, 0.5) is 4.39 Å². The minimum Gasteiger partial charge on any atom is -0.452 e. The van der Waals surface area contributed by atoms with Crippen molar-refractivity contribution in [3.63, 3.8) is 0 Å². The van der Waals surface area contributed by atoms with Gasteiger partial charge in [0.2, 0.25) is 0 Å². The van der Waals surface area contributed by atoms with Crippen molar-refractivity contribution < 1.29 is 23.5 Å². The molecule has 2 aromatic carbocycles. The Morgan fingerprint density at radius 2 is 1.76 bits per heavy atom. The van der Waals surface area contributed by atoms with E-state index in [0.717, 1.165) is 0 Å². The van der Waals surface area contributed by atoms with E-state index in [2.05, 4.69) is 5.32 Å². The van der Waals surface area contributed by atoms with Crippen LogP contribution in [0.3, 0.4) is 0 Å². The lowest BCUT2D eigenvalue weighted by molar-refractivity contribution is -0.159. The normalized spacial score (nSPS) is 12.6. The molecule has 7 heteroatoms. The number of carbonyl (C=O) groups excluding carboxylic acids is 3. The Kier molecular flexibility index (Phi) is 7.88. The van der Waals surface area contributed by atoms with Gasteiger partial charge in [-0.1, -0.05) is 30.3 Å². The molecular formula is C22H25FN2O4. The number of nitrogens with one attached hydrogen (secondary N) is 1. The lowest BCUT2D eigenvalue weighted by Gasteiger charge is -2.22. The molecule has 0 bridgehead atoms. The molecule has 0 saturated heterocycles. The minimum absolute atomic E-state index is 0.0657. The van der Waals surface area contributed by atoms with Gasteiger partial charge in [0.1, 0.15) is 5.82 Å². The van der Waals surface area contributed by atoms with Crippen LogP contribution in [0.5, 0.6) is 0 Å². The Bertz CT molecular complexity index is 857. The number of benzene rings is 2. The number of carbonyl (C=O) groups is 3. The molecule has 0 aliphatic heterocycles. The van der Waals surface area contributed by atoms with Gasteiger partial charge in [-0.05, 0) is 43.7 Å². The van der Waals surface area contributed by atoms with Crippen LogP contribution in [0.15, 0.2) is 54.6 Å². The zero-order valence-electron chi connectivity index (χ0n) is 16.7. The quantitative estimate of drug-likeness (QED) is 0.692. The average Bonchev–Trinajstić information content (AvgIpc) is 2.67. The van der Waals surface area contributed by atoms with Crippen molar-refractivity contribution in [2.24, 2.45) is 0 Å². The third-order valence-electron chi connectivity index (χ3n) is 4.23. The van der Waals surface area contributed by atoms with Crippen molar-refractivity contribution in [3.05, 3.63) is 71.5 Å². The number of nitrogens with zero attached hydrogens (tertiary/aromatic N) is 1. The molecule has 0 fully saturated rings. The van der Waals surface area contributed by atoms with Crippen molar-refractivity contribution in [2.45, 2.75) is 39.0 Å². The van der Waals surface area contributed by atoms with Crippen LogP contribution in [-0.2, 0) is 20.9 Å². The summed E-state index contributed by atoms with van der Waals surface area (Å²) in [5.74, 6) is -1.66. The first-order chi connectivity index (χ1) is 13.8. The topological polar surface area (TPSA) is 75.7 Å². The Hall–Kier alpha value is -3.22. The molecule has 1 N–H and O–H groups in total. The SMILES string of the molecule is CC(CC(=O)OC(C)C(=O)N(C)Cc1cccc(F)c1)NC(=O)c1ccccc1. The Labute approximate surface area is 169 Å². The number of halogens is 1. The second-order valence-corrected chi connectivity index (χ2v) is 6.90. The lowest BCUT2D eigenvalue weighted by atomic mass is 10.2. The highest BCUT2D eigenvalue weighted by molar-refractivity contribution is 5.94.